The van der Waals surface area contributed by atoms with Gasteiger partial charge >= 0.3 is 0 Å². The fourth-order valence-corrected chi connectivity index (χ4v) is 5.75. The van der Waals surface area contributed by atoms with E-state index >= 15 is 0 Å². The van der Waals surface area contributed by atoms with Gasteiger partial charge < -0.3 is 0 Å². The SMILES string of the molecule is Cc1sc2nc(CN3CCCCC3)nc(Sc3nnnn3C3CC3)c2c1C. The molecule has 0 amide bonds. The Morgan fingerprint density at radius 2 is 1.93 bits per heavy atom. The molecular weight excluding hydrogens is 378 g/mol. The van der Waals surface area contributed by atoms with E-state index in [-0.39, 0.29) is 0 Å². The smallest absolute Gasteiger partial charge is 0.215 e. The van der Waals surface area contributed by atoms with Crippen LogP contribution in [-0.2, 0) is 6.54 Å². The molecule has 9 heteroatoms. The molecule has 1 aliphatic heterocycles. The molecule has 5 rings (SSSR count). The van der Waals surface area contributed by atoms with Gasteiger partial charge in [-0.15, -0.1) is 16.4 Å². The van der Waals surface area contributed by atoms with Crippen LogP contribution in [0.2, 0.25) is 0 Å². The van der Waals surface area contributed by atoms with E-state index in [1.54, 1.807) is 23.1 Å². The predicted molar refractivity (Wildman–Crippen MR) is 106 cm³/mol. The van der Waals surface area contributed by atoms with Crippen molar-refractivity contribution in [3.63, 3.8) is 0 Å². The first-order chi connectivity index (χ1) is 13.2. The molecule has 1 aliphatic carbocycles. The monoisotopic (exact) mass is 401 g/mol. The first-order valence-corrected chi connectivity index (χ1v) is 11.3. The van der Waals surface area contributed by atoms with Crippen LogP contribution in [0.5, 0.6) is 0 Å². The molecule has 1 saturated heterocycles. The third-order valence-electron chi connectivity index (χ3n) is 5.40. The maximum absolute atomic E-state index is 4.97. The maximum Gasteiger partial charge on any atom is 0.215 e. The number of hydrogen-bond donors (Lipinski definition) is 0. The zero-order chi connectivity index (χ0) is 18.4. The highest BCUT2D eigenvalue weighted by molar-refractivity contribution is 7.99. The molecule has 3 aromatic heterocycles. The normalized spacial score (nSPS) is 18.4. The lowest BCUT2D eigenvalue weighted by molar-refractivity contribution is 0.216. The second-order valence-electron chi connectivity index (χ2n) is 7.48. The van der Waals surface area contributed by atoms with Crippen molar-refractivity contribution in [2.75, 3.05) is 13.1 Å². The first-order valence-electron chi connectivity index (χ1n) is 9.64. The molecule has 0 N–H and O–H groups in total. The Morgan fingerprint density at radius 3 is 2.70 bits per heavy atom. The highest BCUT2D eigenvalue weighted by Crippen LogP contribution is 2.41. The fraction of sp³-hybridized carbons (Fsp3) is 0.611. The Kier molecular flexibility index (Phi) is 4.61. The average molecular weight is 402 g/mol. The average Bonchev–Trinajstić information content (AvgIpc) is 3.34. The lowest BCUT2D eigenvalue weighted by atomic mass is 10.1. The van der Waals surface area contributed by atoms with Gasteiger partial charge in [-0.25, -0.2) is 14.6 Å². The molecule has 142 valence electrons. The van der Waals surface area contributed by atoms with E-state index in [1.807, 2.05) is 4.68 Å². The Balaban J connectivity index is 1.52. The molecule has 1 saturated carbocycles. The summed E-state index contributed by atoms with van der Waals surface area (Å²) >= 11 is 3.35. The molecular formula is C18H23N7S2. The van der Waals surface area contributed by atoms with Gasteiger partial charge in [0.2, 0.25) is 5.16 Å². The van der Waals surface area contributed by atoms with E-state index in [1.165, 1.54) is 29.7 Å². The van der Waals surface area contributed by atoms with Crippen molar-refractivity contribution in [1.29, 1.82) is 0 Å². The summed E-state index contributed by atoms with van der Waals surface area (Å²) in [5.74, 6) is 0.915. The van der Waals surface area contributed by atoms with Crippen molar-refractivity contribution in [1.82, 2.24) is 35.1 Å². The van der Waals surface area contributed by atoms with Crippen molar-refractivity contribution < 1.29 is 0 Å². The van der Waals surface area contributed by atoms with Gasteiger partial charge in [0.15, 0.2) is 0 Å². The number of hydrogen-bond acceptors (Lipinski definition) is 8. The molecule has 7 nitrogen and oxygen atoms in total. The van der Waals surface area contributed by atoms with Crippen LogP contribution >= 0.6 is 23.1 Å². The molecule has 0 bridgehead atoms. The number of likely N-dealkylation sites (tertiary alicyclic amines) is 1. The molecule has 3 aromatic rings. The summed E-state index contributed by atoms with van der Waals surface area (Å²) in [6.07, 6.45) is 6.21. The van der Waals surface area contributed by atoms with Crippen LogP contribution in [0.1, 0.15) is 54.4 Å². The Bertz CT molecular complexity index is 970. The van der Waals surface area contributed by atoms with E-state index in [9.17, 15) is 0 Å². The third-order valence-corrected chi connectivity index (χ3v) is 7.44. The van der Waals surface area contributed by atoms with Crippen molar-refractivity contribution in [2.24, 2.45) is 0 Å². The number of aryl methyl sites for hydroxylation is 2. The molecule has 0 aromatic carbocycles. The predicted octanol–water partition coefficient (Wildman–Crippen LogP) is 3.77. The van der Waals surface area contributed by atoms with Crippen molar-refractivity contribution in [3.8, 4) is 0 Å². The van der Waals surface area contributed by atoms with Crippen LogP contribution in [0.3, 0.4) is 0 Å². The fourth-order valence-electron chi connectivity index (χ4n) is 3.60. The van der Waals surface area contributed by atoms with E-state index in [0.717, 1.165) is 58.7 Å². The number of rotatable bonds is 5. The van der Waals surface area contributed by atoms with E-state index in [2.05, 4.69) is 34.3 Å². The van der Waals surface area contributed by atoms with E-state index in [4.69, 9.17) is 9.97 Å². The van der Waals surface area contributed by atoms with Gasteiger partial charge in [-0.3, -0.25) is 4.90 Å². The quantitative estimate of drug-likeness (QED) is 0.603. The third kappa shape index (κ3) is 3.48. The summed E-state index contributed by atoms with van der Waals surface area (Å²) in [5.41, 5.74) is 1.27. The van der Waals surface area contributed by atoms with Crippen molar-refractivity contribution in [3.05, 3.63) is 16.3 Å². The van der Waals surface area contributed by atoms with Gasteiger partial charge in [0.05, 0.1) is 12.6 Å². The molecule has 2 aliphatic rings. The topological polar surface area (TPSA) is 72.6 Å². The standard InChI is InChI=1S/C18H23N7S2/c1-11-12(2)26-16-15(11)17(27-18-21-22-23-25(18)13-6-7-13)20-14(19-16)10-24-8-4-3-5-9-24/h13H,3-10H2,1-2H3. The van der Waals surface area contributed by atoms with E-state index < -0.39 is 0 Å². The summed E-state index contributed by atoms with van der Waals surface area (Å²) in [5, 5.41) is 15.3. The lowest BCUT2D eigenvalue weighted by Gasteiger charge is -2.25. The van der Waals surface area contributed by atoms with Crippen LogP contribution in [0.4, 0.5) is 0 Å². The number of nitrogens with zero attached hydrogens (tertiary/aromatic N) is 7. The van der Waals surface area contributed by atoms with Crippen molar-refractivity contribution >= 4 is 33.3 Å². The van der Waals surface area contributed by atoms with Gasteiger partial charge in [0.1, 0.15) is 15.7 Å². The van der Waals surface area contributed by atoms with Gasteiger partial charge in [-0.2, -0.15) is 0 Å². The summed E-state index contributed by atoms with van der Waals surface area (Å²) in [6.45, 7) is 7.44. The van der Waals surface area contributed by atoms with Gasteiger partial charge in [-0.1, -0.05) is 6.42 Å². The van der Waals surface area contributed by atoms with Crippen LogP contribution in [-0.4, -0.2) is 48.2 Å². The van der Waals surface area contributed by atoms with Gasteiger partial charge in [0.25, 0.3) is 0 Å². The highest BCUT2D eigenvalue weighted by atomic mass is 32.2. The van der Waals surface area contributed by atoms with Gasteiger partial charge in [0, 0.05) is 10.3 Å². The Morgan fingerprint density at radius 1 is 1.11 bits per heavy atom. The number of piperidine rings is 1. The summed E-state index contributed by atoms with van der Waals surface area (Å²) in [6, 6.07) is 0.456. The zero-order valence-corrected chi connectivity index (χ0v) is 17.3. The summed E-state index contributed by atoms with van der Waals surface area (Å²) < 4.78 is 1.96. The van der Waals surface area contributed by atoms with Crippen LogP contribution in [0.15, 0.2) is 10.2 Å². The second kappa shape index (κ2) is 7.10. The Labute approximate surface area is 166 Å². The van der Waals surface area contributed by atoms with Crippen LogP contribution < -0.4 is 0 Å². The van der Waals surface area contributed by atoms with Crippen LogP contribution in [0, 0.1) is 13.8 Å². The number of tetrazole rings is 1. The van der Waals surface area contributed by atoms with E-state index in [0.29, 0.717) is 6.04 Å². The van der Waals surface area contributed by atoms with Gasteiger partial charge in [-0.05, 0) is 80.4 Å². The molecule has 0 spiro atoms. The number of aromatic nitrogens is 6. The maximum atomic E-state index is 4.97. The molecule has 0 atom stereocenters. The molecule has 0 radical (unpaired) electrons. The minimum atomic E-state index is 0.456. The van der Waals surface area contributed by atoms with Crippen LogP contribution in [0.25, 0.3) is 10.2 Å². The number of fused-ring (bicyclic) bond motifs is 1. The lowest BCUT2D eigenvalue weighted by Crippen LogP contribution is -2.29. The largest absolute Gasteiger partial charge is 0.296 e. The minimum Gasteiger partial charge on any atom is -0.296 e. The first kappa shape index (κ1) is 17.5. The molecule has 2 fully saturated rings. The molecule has 4 heterocycles. The second-order valence-corrected chi connectivity index (χ2v) is 9.64. The molecule has 0 unspecified atom stereocenters. The summed E-state index contributed by atoms with van der Waals surface area (Å²) in [4.78, 5) is 14.7. The minimum absolute atomic E-state index is 0.456. The van der Waals surface area contributed by atoms with Crippen molar-refractivity contribution in [2.45, 2.75) is 68.7 Å². The summed E-state index contributed by atoms with van der Waals surface area (Å²) in [7, 11) is 0. The highest BCUT2D eigenvalue weighted by Gasteiger charge is 2.29. The Hall–Kier alpha value is -1.58. The molecule has 27 heavy (non-hydrogen) atoms. The zero-order valence-electron chi connectivity index (χ0n) is 15.7. The number of thiophene rings is 1.